The van der Waals surface area contributed by atoms with Gasteiger partial charge in [0.2, 0.25) is 0 Å². The monoisotopic (exact) mass is 591 g/mol. The van der Waals surface area contributed by atoms with Crippen molar-refractivity contribution >= 4 is 69.7 Å². The maximum absolute atomic E-state index is 13.5. The molecule has 0 aromatic heterocycles. The van der Waals surface area contributed by atoms with Gasteiger partial charge in [-0.1, -0.05) is 52.7 Å². The summed E-state index contributed by atoms with van der Waals surface area (Å²) in [7, 11) is 0. The van der Waals surface area contributed by atoms with Crippen LogP contribution in [0.2, 0.25) is 10.0 Å². The van der Waals surface area contributed by atoms with E-state index in [1.54, 1.807) is 30.3 Å². The third-order valence-corrected chi connectivity index (χ3v) is 7.59. The number of hydrogen-bond acceptors (Lipinski definition) is 5. The van der Waals surface area contributed by atoms with Crippen LogP contribution in [0.5, 0.6) is 0 Å². The van der Waals surface area contributed by atoms with Crippen LogP contribution in [0.3, 0.4) is 0 Å². The van der Waals surface area contributed by atoms with E-state index < -0.39 is 23.5 Å². The molecule has 2 N–H and O–H groups in total. The number of amides is 3. The normalized spacial score (nSPS) is 13.2. The molecule has 4 aromatic carbocycles. The van der Waals surface area contributed by atoms with Crippen LogP contribution in [-0.2, 0) is 9.59 Å². The lowest BCUT2D eigenvalue weighted by atomic mass is 10.2. The second kappa shape index (κ2) is 11.6. The minimum Gasteiger partial charge on any atom is -0.350 e. The van der Waals surface area contributed by atoms with Gasteiger partial charge in [0.15, 0.2) is 0 Å². The summed E-state index contributed by atoms with van der Waals surface area (Å²) >= 11 is 13.2. The molecule has 0 radical (unpaired) electrons. The molecule has 0 saturated heterocycles. The Morgan fingerprint density at radius 2 is 1.48 bits per heavy atom. The van der Waals surface area contributed by atoms with Crippen LogP contribution in [0.15, 0.2) is 106 Å². The van der Waals surface area contributed by atoms with Gasteiger partial charge in [-0.05, 0) is 85.8 Å². The molecule has 0 spiro atoms. The number of halogens is 3. The number of nitrogens with zero attached hydrogens (tertiary/aromatic N) is 1. The molecule has 5 rings (SSSR count). The summed E-state index contributed by atoms with van der Waals surface area (Å²) in [6, 6.07) is 23.9. The number of anilines is 3. The summed E-state index contributed by atoms with van der Waals surface area (Å²) in [5, 5.41) is 6.51. The van der Waals surface area contributed by atoms with Gasteiger partial charge in [-0.15, -0.1) is 0 Å². The Labute approximate surface area is 243 Å². The van der Waals surface area contributed by atoms with E-state index in [2.05, 4.69) is 10.6 Å². The first-order valence-corrected chi connectivity index (χ1v) is 13.5. The second-order valence-corrected chi connectivity index (χ2v) is 10.7. The van der Waals surface area contributed by atoms with Crippen molar-refractivity contribution in [3.8, 4) is 0 Å². The standard InChI is InChI=1S/C30H20Cl2FN3O3S/c1-17-2-7-20(8-3-17)34-26-27(30(39)36(29(26)38)22-11-5-19(33)6-12-22)40-23-13-9-21(10-14-23)35-28(37)24-15-4-18(31)16-25(24)32/h2-16,34H,1H3,(H,35,37). The fourth-order valence-corrected chi connectivity index (χ4v) is 5.34. The van der Waals surface area contributed by atoms with Gasteiger partial charge in [-0.3, -0.25) is 14.4 Å². The molecule has 0 saturated carbocycles. The molecule has 0 atom stereocenters. The Bertz CT molecular complexity index is 1660. The maximum Gasteiger partial charge on any atom is 0.283 e. The molecule has 200 valence electrons. The van der Waals surface area contributed by atoms with E-state index in [4.69, 9.17) is 23.2 Å². The average molecular weight is 592 g/mol. The number of thioether (sulfide) groups is 1. The van der Waals surface area contributed by atoms with Gasteiger partial charge >= 0.3 is 0 Å². The molecule has 6 nitrogen and oxygen atoms in total. The first kappa shape index (κ1) is 27.5. The van der Waals surface area contributed by atoms with Crippen molar-refractivity contribution in [2.24, 2.45) is 0 Å². The van der Waals surface area contributed by atoms with Crippen LogP contribution in [0.4, 0.5) is 21.5 Å². The molecule has 1 aliphatic rings. The van der Waals surface area contributed by atoms with E-state index in [1.165, 1.54) is 36.4 Å². The van der Waals surface area contributed by atoms with Gasteiger partial charge in [0, 0.05) is 21.3 Å². The molecule has 0 fully saturated rings. The Balaban J connectivity index is 1.40. The highest BCUT2D eigenvalue weighted by atomic mass is 35.5. The van der Waals surface area contributed by atoms with Crippen LogP contribution in [-0.4, -0.2) is 17.7 Å². The van der Waals surface area contributed by atoms with Crippen LogP contribution in [0.25, 0.3) is 0 Å². The number of carbonyl (C=O) groups excluding carboxylic acids is 3. The SMILES string of the molecule is Cc1ccc(NC2=C(Sc3ccc(NC(=O)c4ccc(Cl)cc4Cl)cc3)C(=O)N(c3ccc(F)cc3)C2=O)cc1. The number of imide groups is 1. The Kier molecular flexibility index (Phi) is 7.93. The third kappa shape index (κ3) is 5.89. The Morgan fingerprint density at radius 3 is 2.12 bits per heavy atom. The van der Waals surface area contributed by atoms with Crippen molar-refractivity contribution in [1.82, 2.24) is 0 Å². The average Bonchev–Trinajstić information content (AvgIpc) is 3.15. The molecule has 0 aliphatic carbocycles. The molecule has 40 heavy (non-hydrogen) atoms. The Morgan fingerprint density at radius 1 is 0.825 bits per heavy atom. The topological polar surface area (TPSA) is 78.5 Å². The smallest absolute Gasteiger partial charge is 0.283 e. The van der Waals surface area contributed by atoms with Crippen molar-refractivity contribution in [3.63, 3.8) is 0 Å². The largest absolute Gasteiger partial charge is 0.350 e. The molecule has 4 aromatic rings. The summed E-state index contributed by atoms with van der Waals surface area (Å²) in [5.74, 6) is -1.97. The summed E-state index contributed by atoms with van der Waals surface area (Å²) in [4.78, 5) is 41.4. The molecular formula is C30H20Cl2FN3O3S. The lowest BCUT2D eigenvalue weighted by Crippen LogP contribution is -2.32. The van der Waals surface area contributed by atoms with Gasteiger partial charge in [0.1, 0.15) is 16.4 Å². The van der Waals surface area contributed by atoms with Crippen molar-refractivity contribution < 1.29 is 18.8 Å². The van der Waals surface area contributed by atoms with Gasteiger partial charge in [-0.2, -0.15) is 0 Å². The van der Waals surface area contributed by atoms with Crippen LogP contribution in [0.1, 0.15) is 15.9 Å². The molecule has 10 heteroatoms. The predicted octanol–water partition coefficient (Wildman–Crippen LogP) is 7.68. The highest BCUT2D eigenvalue weighted by Gasteiger charge is 2.40. The quantitative estimate of drug-likeness (QED) is 0.215. The zero-order valence-corrected chi connectivity index (χ0v) is 23.2. The van der Waals surface area contributed by atoms with E-state index in [9.17, 15) is 18.8 Å². The molecular weight excluding hydrogens is 572 g/mol. The number of aryl methyl sites for hydroxylation is 1. The number of hydrogen-bond donors (Lipinski definition) is 2. The fraction of sp³-hybridized carbons (Fsp3) is 0.0333. The lowest BCUT2D eigenvalue weighted by Gasteiger charge is -2.15. The van der Waals surface area contributed by atoms with Crippen molar-refractivity contribution in [3.05, 3.63) is 129 Å². The van der Waals surface area contributed by atoms with Crippen LogP contribution in [0, 0.1) is 12.7 Å². The van der Waals surface area contributed by atoms with E-state index in [0.29, 0.717) is 21.3 Å². The van der Waals surface area contributed by atoms with Crippen molar-refractivity contribution in [1.29, 1.82) is 0 Å². The highest BCUT2D eigenvalue weighted by molar-refractivity contribution is 8.04. The van der Waals surface area contributed by atoms with Crippen molar-refractivity contribution in [2.75, 3.05) is 15.5 Å². The number of rotatable bonds is 7. The summed E-state index contributed by atoms with van der Waals surface area (Å²) < 4.78 is 13.5. The van der Waals surface area contributed by atoms with Gasteiger partial charge in [0.25, 0.3) is 17.7 Å². The fourth-order valence-electron chi connectivity index (χ4n) is 3.92. The Hall–Kier alpha value is -4.11. The second-order valence-electron chi connectivity index (χ2n) is 8.82. The maximum atomic E-state index is 13.5. The van der Waals surface area contributed by atoms with E-state index in [1.807, 2.05) is 31.2 Å². The molecule has 0 bridgehead atoms. The summed E-state index contributed by atoms with van der Waals surface area (Å²) in [6.45, 7) is 1.95. The third-order valence-electron chi connectivity index (χ3n) is 5.95. The van der Waals surface area contributed by atoms with E-state index in [0.717, 1.165) is 22.2 Å². The first-order chi connectivity index (χ1) is 19.2. The van der Waals surface area contributed by atoms with Gasteiger partial charge < -0.3 is 10.6 Å². The van der Waals surface area contributed by atoms with Gasteiger partial charge in [0.05, 0.1) is 16.3 Å². The van der Waals surface area contributed by atoms with E-state index >= 15 is 0 Å². The highest BCUT2D eigenvalue weighted by Crippen LogP contribution is 2.38. The number of nitrogens with one attached hydrogen (secondary N) is 2. The molecule has 3 amide bonds. The lowest BCUT2D eigenvalue weighted by molar-refractivity contribution is -0.120. The van der Waals surface area contributed by atoms with E-state index in [-0.39, 0.29) is 26.9 Å². The number of carbonyl (C=O) groups is 3. The van der Waals surface area contributed by atoms with Crippen molar-refractivity contribution in [2.45, 2.75) is 11.8 Å². The van der Waals surface area contributed by atoms with Crippen LogP contribution >= 0.6 is 35.0 Å². The predicted molar refractivity (Wildman–Crippen MR) is 157 cm³/mol. The summed E-state index contributed by atoms with van der Waals surface area (Å²) in [5.41, 5.74) is 2.83. The zero-order valence-electron chi connectivity index (χ0n) is 20.9. The zero-order chi connectivity index (χ0) is 28.4. The minimum absolute atomic E-state index is 0.109. The first-order valence-electron chi connectivity index (χ1n) is 12.0. The van der Waals surface area contributed by atoms with Crippen LogP contribution < -0.4 is 15.5 Å². The minimum atomic E-state index is -0.552. The van der Waals surface area contributed by atoms with Gasteiger partial charge in [-0.25, -0.2) is 9.29 Å². The molecule has 1 aliphatic heterocycles. The molecule has 1 heterocycles. The summed E-state index contributed by atoms with van der Waals surface area (Å²) in [6.07, 6.45) is 0. The number of benzene rings is 4. The molecule has 0 unspecified atom stereocenters.